The predicted molar refractivity (Wildman–Crippen MR) is 88.0 cm³/mol. The Bertz CT molecular complexity index is 543. The molecule has 0 bridgehead atoms. The van der Waals surface area contributed by atoms with Gasteiger partial charge in [-0.3, -0.25) is 9.59 Å². The molecule has 2 amide bonds. The second kappa shape index (κ2) is 6.92. The van der Waals surface area contributed by atoms with E-state index >= 15 is 0 Å². The number of hydrogen-bond donors (Lipinski definition) is 2. The summed E-state index contributed by atoms with van der Waals surface area (Å²) < 4.78 is 0. The predicted octanol–water partition coefficient (Wildman–Crippen LogP) is 2.25. The monoisotopic (exact) mass is 303 g/mol. The number of carbonyl (C=O) groups excluding carboxylic acids is 2. The van der Waals surface area contributed by atoms with Crippen LogP contribution in [0.3, 0.4) is 0 Å². The summed E-state index contributed by atoms with van der Waals surface area (Å²) in [5.41, 5.74) is 1.18. The van der Waals surface area contributed by atoms with Crippen molar-refractivity contribution in [2.45, 2.75) is 39.2 Å². The van der Waals surface area contributed by atoms with Crippen molar-refractivity contribution in [3.05, 3.63) is 29.8 Å². The van der Waals surface area contributed by atoms with Gasteiger partial charge in [-0.05, 0) is 51.8 Å². The third kappa shape index (κ3) is 4.84. The fraction of sp³-hybridized carbons (Fsp3) is 0.529. The molecular formula is C17H25N3O2. The van der Waals surface area contributed by atoms with Crippen molar-refractivity contribution in [3.63, 3.8) is 0 Å². The van der Waals surface area contributed by atoms with Crippen LogP contribution < -0.4 is 10.6 Å². The maximum absolute atomic E-state index is 12.3. The highest BCUT2D eigenvalue weighted by Crippen LogP contribution is 2.16. The van der Waals surface area contributed by atoms with Crippen molar-refractivity contribution >= 4 is 17.5 Å². The first-order chi connectivity index (χ1) is 10.3. The number of amides is 2. The first kappa shape index (κ1) is 16.5. The maximum atomic E-state index is 12.3. The Labute approximate surface area is 132 Å². The molecule has 2 rings (SSSR count). The SMILES string of the molecule is CC(C)(C)NCC(=O)Nc1cccc(C(=O)N2CCCC2)c1. The number of nitrogens with one attached hydrogen (secondary N) is 2. The number of nitrogens with zero attached hydrogens (tertiary/aromatic N) is 1. The lowest BCUT2D eigenvalue weighted by Gasteiger charge is -2.20. The quantitative estimate of drug-likeness (QED) is 0.897. The zero-order valence-electron chi connectivity index (χ0n) is 13.6. The molecule has 5 nitrogen and oxygen atoms in total. The molecule has 0 radical (unpaired) electrons. The molecule has 0 unspecified atom stereocenters. The normalized spacial score (nSPS) is 15.0. The highest BCUT2D eigenvalue weighted by molar-refractivity contribution is 5.97. The van der Waals surface area contributed by atoms with Gasteiger partial charge in [0.1, 0.15) is 0 Å². The Morgan fingerprint density at radius 2 is 1.86 bits per heavy atom. The average Bonchev–Trinajstić information content (AvgIpc) is 2.98. The minimum atomic E-state index is -0.110. The van der Waals surface area contributed by atoms with Gasteiger partial charge in [0.2, 0.25) is 5.91 Å². The van der Waals surface area contributed by atoms with Crippen LogP contribution in [0.25, 0.3) is 0 Å². The molecule has 0 saturated carbocycles. The van der Waals surface area contributed by atoms with Gasteiger partial charge in [-0.25, -0.2) is 0 Å². The Balaban J connectivity index is 1.96. The molecule has 0 aliphatic carbocycles. The Morgan fingerprint density at radius 1 is 1.18 bits per heavy atom. The van der Waals surface area contributed by atoms with Gasteiger partial charge < -0.3 is 15.5 Å². The van der Waals surface area contributed by atoms with Crippen LogP contribution in [0.4, 0.5) is 5.69 Å². The van der Waals surface area contributed by atoms with E-state index in [2.05, 4.69) is 10.6 Å². The minimum absolute atomic E-state index is 0.0430. The zero-order chi connectivity index (χ0) is 16.2. The molecule has 22 heavy (non-hydrogen) atoms. The van der Waals surface area contributed by atoms with E-state index in [1.165, 1.54) is 0 Å². The average molecular weight is 303 g/mol. The van der Waals surface area contributed by atoms with Crippen LogP contribution in [0, 0.1) is 0 Å². The molecule has 1 fully saturated rings. The van der Waals surface area contributed by atoms with E-state index in [9.17, 15) is 9.59 Å². The first-order valence-corrected chi connectivity index (χ1v) is 7.79. The topological polar surface area (TPSA) is 61.4 Å². The van der Waals surface area contributed by atoms with Crippen molar-refractivity contribution in [2.24, 2.45) is 0 Å². The Morgan fingerprint density at radius 3 is 2.50 bits per heavy atom. The van der Waals surface area contributed by atoms with Gasteiger partial charge in [-0.2, -0.15) is 0 Å². The third-order valence-electron chi connectivity index (χ3n) is 3.57. The number of likely N-dealkylation sites (tertiary alicyclic amines) is 1. The highest BCUT2D eigenvalue weighted by Gasteiger charge is 2.19. The molecule has 1 aliphatic heterocycles. The molecule has 1 aromatic rings. The Hall–Kier alpha value is -1.88. The standard InChI is InChI=1S/C17H25N3O2/c1-17(2,3)18-12-15(21)19-14-8-6-7-13(11-14)16(22)20-9-4-5-10-20/h6-8,11,18H,4-5,9-10,12H2,1-3H3,(H,19,21). The number of carbonyl (C=O) groups is 2. The van der Waals surface area contributed by atoms with Gasteiger partial charge >= 0.3 is 0 Å². The van der Waals surface area contributed by atoms with Gasteiger partial charge in [-0.15, -0.1) is 0 Å². The van der Waals surface area contributed by atoms with Crippen LogP contribution >= 0.6 is 0 Å². The van der Waals surface area contributed by atoms with Crippen molar-refractivity contribution in [3.8, 4) is 0 Å². The van der Waals surface area contributed by atoms with Crippen LogP contribution in [-0.2, 0) is 4.79 Å². The van der Waals surface area contributed by atoms with Crippen molar-refractivity contribution in [1.29, 1.82) is 0 Å². The molecular weight excluding hydrogens is 278 g/mol. The molecule has 2 N–H and O–H groups in total. The summed E-state index contributed by atoms with van der Waals surface area (Å²) >= 11 is 0. The van der Waals surface area contributed by atoms with Gasteiger partial charge in [0.15, 0.2) is 0 Å². The van der Waals surface area contributed by atoms with E-state index in [-0.39, 0.29) is 23.9 Å². The summed E-state index contributed by atoms with van der Waals surface area (Å²) in [6.45, 7) is 7.92. The molecule has 120 valence electrons. The number of rotatable bonds is 4. The second-order valence-corrected chi connectivity index (χ2v) is 6.73. The molecule has 1 aromatic carbocycles. The molecule has 1 aliphatic rings. The smallest absolute Gasteiger partial charge is 0.253 e. The summed E-state index contributed by atoms with van der Waals surface area (Å²) in [4.78, 5) is 26.1. The largest absolute Gasteiger partial charge is 0.339 e. The van der Waals surface area contributed by atoms with Crippen LogP contribution in [-0.4, -0.2) is 41.9 Å². The van der Waals surface area contributed by atoms with Gasteiger partial charge in [0, 0.05) is 29.9 Å². The second-order valence-electron chi connectivity index (χ2n) is 6.73. The first-order valence-electron chi connectivity index (χ1n) is 7.79. The van der Waals surface area contributed by atoms with Crippen LogP contribution in [0.1, 0.15) is 44.0 Å². The van der Waals surface area contributed by atoms with Crippen molar-refractivity contribution < 1.29 is 9.59 Å². The zero-order valence-corrected chi connectivity index (χ0v) is 13.6. The lowest BCUT2D eigenvalue weighted by atomic mass is 10.1. The third-order valence-corrected chi connectivity index (χ3v) is 3.57. The van der Waals surface area contributed by atoms with E-state index in [0.717, 1.165) is 25.9 Å². The fourth-order valence-electron chi connectivity index (χ4n) is 2.38. The van der Waals surface area contributed by atoms with Crippen LogP contribution in [0.15, 0.2) is 24.3 Å². The summed E-state index contributed by atoms with van der Waals surface area (Å²) in [6.07, 6.45) is 2.14. The van der Waals surface area contributed by atoms with Gasteiger partial charge in [-0.1, -0.05) is 6.07 Å². The van der Waals surface area contributed by atoms with E-state index in [4.69, 9.17) is 0 Å². The number of hydrogen-bond acceptors (Lipinski definition) is 3. The summed E-state index contributed by atoms with van der Waals surface area (Å²) in [5.74, 6) is -0.0675. The molecule has 1 saturated heterocycles. The molecule has 0 spiro atoms. The summed E-state index contributed by atoms with van der Waals surface area (Å²) in [7, 11) is 0. The minimum Gasteiger partial charge on any atom is -0.339 e. The molecule has 1 heterocycles. The van der Waals surface area contributed by atoms with E-state index in [0.29, 0.717) is 11.3 Å². The van der Waals surface area contributed by atoms with Gasteiger partial charge in [0.25, 0.3) is 5.91 Å². The summed E-state index contributed by atoms with van der Waals surface area (Å²) in [6, 6.07) is 7.14. The highest BCUT2D eigenvalue weighted by atomic mass is 16.2. The fourth-order valence-corrected chi connectivity index (χ4v) is 2.38. The lowest BCUT2D eigenvalue weighted by molar-refractivity contribution is -0.115. The van der Waals surface area contributed by atoms with E-state index in [1.54, 1.807) is 24.3 Å². The molecule has 0 atom stereocenters. The Kier molecular flexibility index (Phi) is 5.19. The number of benzene rings is 1. The van der Waals surface area contributed by atoms with Crippen molar-refractivity contribution in [2.75, 3.05) is 25.0 Å². The summed E-state index contributed by atoms with van der Waals surface area (Å²) in [5, 5.41) is 5.96. The van der Waals surface area contributed by atoms with Gasteiger partial charge in [0.05, 0.1) is 6.54 Å². The molecule has 0 aromatic heterocycles. The maximum Gasteiger partial charge on any atom is 0.253 e. The molecule has 5 heteroatoms. The van der Waals surface area contributed by atoms with Crippen LogP contribution in [0.2, 0.25) is 0 Å². The van der Waals surface area contributed by atoms with E-state index in [1.807, 2.05) is 25.7 Å². The number of anilines is 1. The lowest BCUT2D eigenvalue weighted by Crippen LogP contribution is -2.41. The van der Waals surface area contributed by atoms with Crippen molar-refractivity contribution in [1.82, 2.24) is 10.2 Å². The van der Waals surface area contributed by atoms with E-state index < -0.39 is 0 Å². The van der Waals surface area contributed by atoms with Crippen LogP contribution in [0.5, 0.6) is 0 Å².